The highest BCUT2D eigenvalue weighted by atomic mass is 35.5. The second kappa shape index (κ2) is 5.12. The van der Waals surface area contributed by atoms with Crippen LogP contribution < -0.4 is 0 Å². The molecule has 1 saturated heterocycles. The van der Waals surface area contributed by atoms with Crippen molar-refractivity contribution in [3.63, 3.8) is 0 Å². The number of hydrogen-bond donors (Lipinski definition) is 0. The largest absolute Gasteiger partial charge is 0.376 e. The van der Waals surface area contributed by atoms with E-state index in [-0.39, 0.29) is 0 Å². The van der Waals surface area contributed by atoms with Gasteiger partial charge in [-0.2, -0.15) is 0 Å². The van der Waals surface area contributed by atoms with Crippen LogP contribution >= 0.6 is 11.6 Å². The Balaban J connectivity index is 1.86. The van der Waals surface area contributed by atoms with E-state index >= 15 is 0 Å². The van der Waals surface area contributed by atoms with E-state index in [0.29, 0.717) is 6.10 Å². The quantitative estimate of drug-likeness (QED) is 0.846. The summed E-state index contributed by atoms with van der Waals surface area (Å²) in [6, 6.07) is 5.85. The third-order valence-electron chi connectivity index (χ3n) is 3.63. The zero-order chi connectivity index (χ0) is 13.4. The molecule has 0 bridgehead atoms. The number of benzene rings is 1. The van der Waals surface area contributed by atoms with Crippen molar-refractivity contribution in [2.75, 3.05) is 19.7 Å². The maximum absolute atomic E-state index is 6.02. The van der Waals surface area contributed by atoms with E-state index in [0.717, 1.165) is 48.1 Å². The van der Waals surface area contributed by atoms with Crippen LogP contribution in [-0.4, -0.2) is 40.3 Å². The minimum Gasteiger partial charge on any atom is -0.376 e. The highest BCUT2D eigenvalue weighted by Gasteiger charge is 2.19. The minimum atomic E-state index is 0.304. The van der Waals surface area contributed by atoms with E-state index in [1.54, 1.807) is 0 Å². The molecule has 1 aliphatic heterocycles. The molecule has 0 saturated carbocycles. The first-order valence-corrected chi connectivity index (χ1v) is 6.96. The van der Waals surface area contributed by atoms with Gasteiger partial charge in [0.25, 0.3) is 0 Å². The van der Waals surface area contributed by atoms with Crippen molar-refractivity contribution < 1.29 is 4.74 Å². The third-order valence-corrected chi connectivity index (χ3v) is 3.86. The lowest BCUT2D eigenvalue weighted by Crippen LogP contribution is -2.40. The summed E-state index contributed by atoms with van der Waals surface area (Å²) in [5.41, 5.74) is 2.09. The smallest absolute Gasteiger partial charge is 0.123 e. The Morgan fingerprint density at radius 1 is 1.47 bits per heavy atom. The number of rotatable bonds is 2. The fourth-order valence-electron chi connectivity index (χ4n) is 2.60. The molecule has 1 aliphatic rings. The Hall–Kier alpha value is -1.10. The third kappa shape index (κ3) is 2.61. The lowest BCUT2D eigenvalue weighted by atomic mass is 10.3. The summed E-state index contributed by atoms with van der Waals surface area (Å²) in [6.45, 7) is 5.70. The highest BCUT2D eigenvalue weighted by molar-refractivity contribution is 6.31. The normalized spacial score (nSPS) is 21.1. The first-order chi connectivity index (χ1) is 9.13. The van der Waals surface area contributed by atoms with Crippen LogP contribution in [0.1, 0.15) is 12.7 Å². The molecule has 1 aromatic heterocycles. The molecule has 0 radical (unpaired) electrons. The number of morpholine rings is 1. The van der Waals surface area contributed by atoms with Crippen LogP contribution in [0.2, 0.25) is 5.02 Å². The van der Waals surface area contributed by atoms with Gasteiger partial charge >= 0.3 is 0 Å². The number of imidazole rings is 1. The minimum absolute atomic E-state index is 0.304. The molecule has 1 fully saturated rings. The van der Waals surface area contributed by atoms with E-state index in [4.69, 9.17) is 16.3 Å². The monoisotopic (exact) mass is 279 g/mol. The van der Waals surface area contributed by atoms with Crippen LogP contribution in [0.4, 0.5) is 0 Å². The van der Waals surface area contributed by atoms with Gasteiger partial charge in [-0.1, -0.05) is 11.6 Å². The molecule has 0 spiro atoms. The Kier molecular flexibility index (Phi) is 3.48. The van der Waals surface area contributed by atoms with Gasteiger partial charge in [-0.25, -0.2) is 4.98 Å². The molecule has 0 amide bonds. The highest BCUT2D eigenvalue weighted by Crippen LogP contribution is 2.20. The van der Waals surface area contributed by atoms with Gasteiger partial charge in [0.05, 0.1) is 30.3 Å². The van der Waals surface area contributed by atoms with Gasteiger partial charge in [0.2, 0.25) is 0 Å². The van der Waals surface area contributed by atoms with E-state index in [9.17, 15) is 0 Å². The van der Waals surface area contributed by atoms with E-state index < -0.39 is 0 Å². The van der Waals surface area contributed by atoms with Gasteiger partial charge in [-0.15, -0.1) is 0 Å². The van der Waals surface area contributed by atoms with E-state index in [1.165, 1.54) is 0 Å². The molecule has 4 nitrogen and oxygen atoms in total. The maximum Gasteiger partial charge on any atom is 0.123 e. The summed E-state index contributed by atoms with van der Waals surface area (Å²) in [6.07, 6.45) is 0.304. The van der Waals surface area contributed by atoms with Crippen LogP contribution in [-0.2, 0) is 18.3 Å². The van der Waals surface area contributed by atoms with E-state index in [2.05, 4.69) is 28.4 Å². The lowest BCUT2D eigenvalue weighted by molar-refractivity contribution is -0.0221. The van der Waals surface area contributed by atoms with Crippen LogP contribution in [0.3, 0.4) is 0 Å². The molecule has 5 heteroatoms. The van der Waals surface area contributed by atoms with Crippen LogP contribution in [0.5, 0.6) is 0 Å². The molecule has 2 aromatic rings. The van der Waals surface area contributed by atoms with Gasteiger partial charge in [0.1, 0.15) is 5.82 Å². The predicted octanol–water partition coefficient (Wildman–Crippen LogP) is 2.45. The molecular formula is C14H18ClN3O. The van der Waals surface area contributed by atoms with Gasteiger partial charge in [0.15, 0.2) is 0 Å². The Morgan fingerprint density at radius 3 is 3.11 bits per heavy atom. The number of aryl methyl sites for hydroxylation is 1. The van der Waals surface area contributed by atoms with Gasteiger partial charge < -0.3 is 9.30 Å². The molecule has 0 N–H and O–H groups in total. The molecule has 0 aliphatic carbocycles. The molecule has 1 atom stereocenters. The van der Waals surface area contributed by atoms with Crippen LogP contribution in [0.25, 0.3) is 11.0 Å². The lowest BCUT2D eigenvalue weighted by Gasteiger charge is -2.30. The molecule has 2 heterocycles. The van der Waals surface area contributed by atoms with Crippen LogP contribution in [0, 0.1) is 0 Å². The number of halogens is 1. The van der Waals surface area contributed by atoms with Crippen molar-refractivity contribution in [2.24, 2.45) is 7.05 Å². The van der Waals surface area contributed by atoms with Crippen molar-refractivity contribution in [1.29, 1.82) is 0 Å². The number of nitrogens with zero attached hydrogens (tertiary/aromatic N) is 3. The summed E-state index contributed by atoms with van der Waals surface area (Å²) >= 11 is 6.02. The summed E-state index contributed by atoms with van der Waals surface area (Å²) in [5, 5.41) is 0.733. The second-order valence-corrected chi connectivity index (χ2v) is 5.57. The number of fused-ring (bicyclic) bond motifs is 1. The fraction of sp³-hybridized carbons (Fsp3) is 0.500. The van der Waals surface area contributed by atoms with Crippen molar-refractivity contribution in [2.45, 2.75) is 19.6 Å². The zero-order valence-corrected chi connectivity index (χ0v) is 12.0. The van der Waals surface area contributed by atoms with Gasteiger partial charge in [-0.05, 0) is 25.1 Å². The van der Waals surface area contributed by atoms with Crippen molar-refractivity contribution in [1.82, 2.24) is 14.5 Å². The molecular weight excluding hydrogens is 262 g/mol. The van der Waals surface area contributed by atoms with Gasteiger partial charge in [-0.3, -0.25) is 4.90 Å². The summed E-state index contributed by atoms with van der Waals surface area (Å²) in [4.78, 5) is 7.07. The predicted molar refractivity (Wildman–Crippen MR) is 76.4 cm³/mol. The van der Waals surface area contributed by atoms with Crippen molar-refractivity contribution in [3.8, 4) is 0 Å². The van der Waals surface area contributed by atoms with Gasteiger partial charge in [0, 0.05) is 25.2 Å². The fourth-order valence-corrected chi connectivity index (χ4v) is 2.76. The zero-order valence-electron chi connectivity index (χ0n) is 11.3. The average Bonchev–Trinajstić information content (AvgIpc) is 2.66. The molecule has 1 aromatic carbocycles. The number of ether oxygens (including phenoxy) is 1. The first kappa shape index (κ1) is 12.9. The van der Waals surface area contributed by atoms with Crippen LogP contribution in [0.15, 0.2) is 18.2 Å². The summed E-state index contributed by atoms with van der Waals surface area (Å²) < 4.78 is 7.71. The number of aromatic nitrogens is 2. The molecule has 0 unspecified atom stereocenters. The standard InChI is InChI=1S/C14H18ClN3O/c1-10-8-18(5-6-19-10)9-14-16-12-7-11(15)3-4-13(12)17(14)2/h3-4,7,10H,5-6,8-9H2,1-2H3/t10-/m1/s1. The molecule has 102 valence electrons. The Bertz CT molecular complexity index is 596. The molecule has 19 heavy (non-hydrogen) atoms. The molecule has 3 rings (SSSR count). The number of hydrogen-bond acceptors (Lipinski definition) is 3. The SMILES string of the molecule is C[C@@H]1CN(Cc2nc3cc(Cl)ccc3n2C)CCO1. The Morgan fingerprint density at radius 2 is 2.32 bits per heavy atom. The first-order valence-electron chi connectivity index (χ1n) is 6.58. The topological polar surface area (TPSA) is 30.3 Å². The Labute approximate surface area is 117 Å². The second-order valence-electron chi connectivity index (χ2n) is 5.14. The summed E-state index contributed by atoms with van der Waals surface area (Å²) in [7, 11) is 2.06. The summed E-state index contributed by atoms with van der Waals surface area (Å²) in [5.74, 6) is 1.08. The maximum atomic E-state index is 6.02. The van der Waals surface area contributed by atoms with Crippen molar-refractivity contribution >= 4 is 22.6 Å². The van der Waals surface area contributed by atoms with Crippen molar-refractivity contribution in [3.05, 3.63) is 29.0 Å². The van der Waals surface area contributed by atoms with E-state index in [1.807, 2.05) is 18.2 Å². The average molecular weight is 280 g/mol.